The molecule has 3 nitrogen and oxygen atoms in total. The molecule has 0 radical (unpaired) electrons. The molecule has 0 aliphatic heterocycles. The molecule has 0 N–H and O–H groups in total. The van der Waals surface area contributed by atoms with Gasteiger partial charge in [0.25, 0.3) is 0 Å². The van der Waals surface area contributed by atoms with Crippen molar-refractivity contribution in [3.05, 3.63) is 45.6 Å². The van der Waals surface area contributed by atoms with Gasteiger partial charge in [0.05, 0.1) is 16.0 Å². The van der Waals surface area contributed by atoms with Gasteiger partial charge in [-0.05, 0) is 6.07 Å². The van der Waals surface area contributed by atoms with Crippen molar-refractivity contribution in [3.63, 3.8) is 0 Å². The molecule has 120 valence electrons. The molecule has 2 aromatic carbocycles. The van der Waals surface area contributed by atoms with Gasteiger partial charge in [0.1, 0.15) is 46.8 Å². The molecule has 0 amide bonds. The number of halogens is 5. The van der Waals surface area contributed by atoms with Gasteiger partial charge in [-0.15, -0.1) is 6.42 Å². The average Bonchev–Trinajstić information content (AvgIpc) is 2.60. The highest BCUT2D eigenvalue weighted by molar-refractivity contribution is 5.89. The summed E-state index contributed by atoms with van der Waals surface area (Å²) in [5, 5.41) is 21.2. The summed E-state index contributed by atoms with van der Waals surface area (Å²) >= 11 is 0. The van der Waals surface area contributed by atoms with Gasteiger partial charge in [0.2, 0.25) is 0 Å². The molecule has 0 atom stereocenters. The Labute approximate surface area is 136 Å². The summed E-state index contributed by atoms with van der Waals surface area (Å²) in [7, 11) is 0. The molecule has 0 heterocycles. The normalized spacial score (nSPS) is 11.1. The van der Waals surface area contributed by atoms with E-state index < -0.39 is 61.4 Å². The third kappa shape index (κ3) is 2.43. The van der Waals surface area contributed by atoms with E-state index >= 15 is 0 Å². The summed E-state index contributed by atoms with van der Waals surface area (Å²) < 4.78 is 71.4. The molecule has 0 aromatic heterocycles. The van der Waals surface area contributed by atoms with Gasteiger partial charge in [-0.1, -0.05) is 5.92 Å². The zero-order valence-electron chi connectivity index (χ0n) is 11.9. The fraction of sp³-hybridized carbons (Fsp3) is 0. The maximum absolute atomic E-state index is 14.4. The predicted molar refractivity (Wildman–Crippen MR) is 75.5 cm³/mol. The van der Waals surface area contributed by atoms with E-state index in [1.807, 2.05) is 0 Å². The largest absolute Gasteiger partial charge is 0.206 e. The molecule has 2 rings (SSSR count). The quantitative estimate of drug-likeness (QED) is 0.417. The number of hydrogen-bond acceptors (Lipinski definition) is 3. The number of terminal acetylenes is 1. The first kappa shape index (κ1) is 17.5. The second-order valence-electron chi connectivity index (χ2n) is 4.52. The fourth-order valence-corrected chi connectivity index (χ4v) is 2.20. The third-order valence-corrected chi connectivity index (χ3v) is 3.29. The summed E-state index contributed by atoms with van der Waals surface area (Å²) in [4.78, 5) is 0. The summed E-state index contributed by atoms with van der Waals surface area (Å²) in [6, 6.07) is 4.00. The van der Waals surface area contributed by atoms with Crippen molar-refractivity contribution in [2.45, 2.75) is 0 Å². The van der Waals surface area contributed by atoms with E-state index in [0.717, 1.165) is 12.1 Å². The number of rotatable bonds is 0. The number of nitriles is 3. The van der Waals surface area contributed by atoms with Gasteiger partial charge in [-0.3, -0.25) is 0 Å². The maximum Gasteiger partial charge on any atom is 0.171 e. The lowest BCUT2D eigenvalue weighted by molar-refractivity contribution is 0.488. The molecule has 2 aromatic rings. The molecule has 0 fully saturated rings. The summed E-state index contributed by atoms with van der Waals surface area (Å²) in [5.74, 6) is -7.35. The number of nitrogens with zero attached hydrogens (tertiary/aromatic N) is 3. The Morgan fingerprint density at radius 1 is 0.760 bits per heavy atom. The smallest absolute Gasteiger partial charge is 0.171 e. The Morgan fingerprint density at radius 2 is 1.32 bits per heavy atom. The molecule has 0 bridgehead atoms. The van der Waals surface area contributed by atoms with E-state index in [1.165, 1.54) is 6.07 Å². The number of fused-ring (bicyclic) bond motifs is 1. The highest BCUT2D eigenvalue weighted by Gasteiger charge is 2.25. The van der Waals surface area contributed by atoms with Crippen LogP contribution in [0, 0.1) is 75.4 Å². The van der Waals surface area contributed by atoms with Crippen LogP contribution >= 0.6 is 0 Å². The second-order valence-corrected chi connectivity index (χ2v) is 4.52. The lowest BCUT2D eigenvalue weighted by atomic mass is 10.0. The SMILES string of the molecule is C#C/C(C#N)=c1\cc(F)c2c(F)c(=C(C#N)C#N)c(F)c(F)c2c1F. The Hall–Kier alpha value is -3.88. The Morgan fingerprint density at radius 3 is 1.80 bits per heavy atom. The van der Waals surface area contributed by atoms with Crippen LogP contribution in [-0.2, 0) is 0 Å². The van der Waals surface area contributed by atoms with E-state index in [0.29, 0.717) is 6.07 Å². The van der Waals surface area contributed by atoms with E-state index in [9.17, 15) is 22.0 Å². The third-order valence-electron chi connectivity index (χ3n) is 3.29. The molecule has 25 heavy (non-hydrogen) atoms. The average molecular weight is 343 g/mol. The van der Waals surface area contributed by atoms with Crippen molar-refractivity contribution in [2.24, 2.45) is 0 Å². The van der Waals surface area contributed by atoms with Gasteiger partial charge < -0.3 is 0 Å². The van der Waals surface area contributed by atoms with Crippen LogP contribution in [0.15, 0.2) is 6.07 Å². The van der Waals surface area contributed by atoms with Crippen molar-refractivity contribution in [2.75, 3.05) is 0 Å². The Bertz CT molecular complexity index is 1200. The summed E-state index contributed by atoms with van der Waals surface area (Å²) in [6.45, 7) is 0. The van der Waals surface area contributed by atoms with Crippen LogP contribution in [-0.4, -0.2) is 0 Å². The van der Waals surface area contributed by atoms with Crippen LogP contribution in [0.3, 0.4) is 0 Å². The molecule has 8 heteroatoms. The fourth-order valence-electron chi connectivity index (χ4n) is 2.20. The van der Waals surface area contributed by atoms with Crippen molar-refractivity contribution in [1.29, 1.82) is 15.8 Å². The van der Waals surface area contributed by atoms with Crippen LogP contribution in [0.1, 0.15) is 0 Å². The molecular formula is C17H2F5N3. The van der Waals surface area contributed by atoms with Gasteiger partial charge >= 0.3 is 0 Å². The molecule has 0 aliphatic rings. The molecule has 0 spiro atoms. The zero-order chi connectivity index (χ0) is 18.9. The van der Waals surface area contributed by atoms with Gasteiger partial charge in [-0.25, -0.2) is 22.0 Å². The van der Waals surface area contributed by atoms with Crippen LogP contribution in [0.25, 0.3) is 21.9 Å². The van der Waals surface area contributed by atoms with Gasteiger partial charge in [-0.2, -0.15) is 15.8 Å². The molecule has 0 unspecified atom stereocenters. The highest BCUT2D eigenvalue weighted by atomic mass is 19.2. The van der Waals surface area contributed by atoms with Gasteiger partial charge in [0.15, 0.2) is 11.6 Å². The highest BCUT2D eigenvalue weighted by Crippen LogP contribution is 2.25. The second kappa shape index (κ2) is 6.32. The van der Waals surface area contributed by atoms with Crippen molar-refractivity contribution < 1.29 is 22.0 Å². The van der Waals surface area contributed by atoms with E-state index in [-0.39, 0.29) is 0 Å². The van der Waals surface area contributed by atoms with Crippen LogP contribution in [0.2, 0.25) is 0 Å². The molecule has 0 aliphatic carbocycles. The van der Waals surface area contributed by atoms with Crippen molar-refractivity contribution in [1.82, 2.24) is 0 Å². The monoisotopic (exact) mass is 343 g/mol. The lowest BCUT2D eigenvalue weighted by Gasteiger charge is -2.08. The first-order chi connectivity index (χ1) is 11.8. The summed E-state index contributed by atoms with van der Waals surface area (Å²) in [5.41, 5.74) is -1.88. The number of benzene rings is 2. The summed E-state index contributed by atoms with van der Waals surface area (Å²) in [6.07, 6.45) is 4.96. The first-order valence-corrected chi connectivity index (χ1v) is 6.23. The topological polar surface area (TPSA) is 71.4 Å². The minimum Gasteiger partial charge on any atom is -0.206 e. The molecule has 0 saturated heterocycles. The van der Waals surface area contributed by atoms with Crippen molar-refractivity contribution in [3.8, 4) is 30.6 Å². The van der Waals surface area contributed by atoms with E-state index in [4.69, 9.17) is 22.2 Å². The Kier molecular flexibility index (Phi) is 4.42. The minimum atomic E-state index is -2.04. The van der Waals surface area contributed by atoms with E-state index in [2.05, 4.69) is 0 Å². The van der Waals surface area contributed by atoms with Crippen LogP contribution in [0.5, 0.6) is 0 Å². The van der Waals surface area contributed by atoms with Crippen LogP contribution in [0.4, 0.5) is 22.0 Å². The minimum absolute atomic E-state index is 0.346. The first-order valence-electron chi connectivity index (χ1n) is 6.23. The predicted octanol–water partition coefficient (Wildman–Crippen LogP) is 2.04. The number of hydrogen-bond donors (Lipinski definition) is 0. The molecule has 0 saturated carbocycles. The van der Waals surface area contributed by atoms with Crippen LogP contribution < -0.4 is 10.4 Å². The standard InChI is InChI=1S/C17H2F5N3/c1-2-7(4-23)9-3-10(18)12-13(14(9)19)17(22)16(21)11(15(12)20)8(5-24)6-25/h1,3H/b9-7-. The maximum atomic E-state index is 14.4. The Balaban J connectivity index is 3.39. The molecular weight excluding hydrogens is 341 g/mol. The lowest BCUT2D eigenvalue weighted by Crippen LogP contribution is -2.22. The zero-order valence-corrected chi connectivity index (χ0v) is 11.9. The van der Waals surface area contributed by atoms with Crippen molar-refractivity contribution >= 4 is 21.9 Å². The van der Waals surface area contributed by atoms with E-state index in [1.54, 1.807) is 5.92 Å². The van der Waals surface area contributed by atoms with Gasteiger partial charge in [0, 0.05) is 5.22 Å².